The molecule has 1 unspecified atom stereocenters. The van der Waals surface area contributed by atoms with E-state index in [1.165, 1.54) is 0 Å². The Morgan fingerprint density at radius 1 is 0.926 bits per heavy atom. The van der Waals surface area contributed by atoms with Crippen molar-refractivity contribution in [2.45, 2.75) is 10.9 Å². The minimum Gasteiger partial charge on any atom is -0.307 e. The van der Waals surface area contributed by atoms with Gasteiger partial charge < -0.3 is 4.90 Å². The van der Waals surface area contributed by atoms with Crippen LogP contribution in [-0.2, 0) is 10.0 Å². The van der Waals surface area contributed by atoms with E-state index in [-0.39, 0.29) is 4.90 Å². The maximum atomic E-state index is 13.0. The summed E-state index contributed by atoms with van der Waals surface area (Å²) in [6.45, 7) is 0.477. The maximum Gasteiger partial charge on any atom is 0.241 e. The third kappa shape index (κ3) is 4.81. The molecule has 0 aliphatic heterocycles. The molecule has 27 heavy (non-hydrogen) atoms. The predicted octanol–water partition coefficient (Wildman–Crippen LogP) is 4.73. The Balaban J connectivity index is 1.96. The first-order valence-corrected chi connectivity index (χ1v) is 10.6. The van der Waals surface area contributed by atoms with Crippen molar-refractivity contribution in [2.24, 2.45) is 0 Å². The number of halogens is 2. The first-order chi connectivity index (χ1) is 12.8. The van der Waals surface area contributed by atoms with Gasteiger partial charge in [0.05, 0.1) is 21.0 Å². The van der Waals surface area contributed by atoms with Crippen molar-refractivity contribution in [2.75, 3.05) is 20.6 Å². The summed E-state index contributed by atoms with van der Waals surface area (Å²) in [5.74, 6) is 0. The fourth-order valence-corrected chi connectivity index (χ4v) is 4.45. The minimum atomic E-state index is -3.72. The van der Waals surface area contributed by atoms with Crippen LogP contribution >= 0.6 is 23.2 Å². The van der Waals surface area contributed by atoms with Crippen LogP contribution in [0, 0.1) is 0 Å². The molecule has 0 radical (unpaired) electrons. The first-order valence-electron chi connectivity index (χ1n) is 8.37. The SMILES string of the molecule is CN(C)CC(NS(=O)(=O)c1ccc2ccccc2c1)c1ccc(Cl)c(Cl)c1. The van der Waals surface area contributed by atoms with Crippen molar-refractivity contribution in [3.05, 3.63) is 76.3 Å². The number of sulfonamides is 1. The van der Waals surface area contributed by atoms with Gasteiger partial charge in [-0.05, 0) is 54.7 Å². The molecule has 1 atom stereocenters. The molecule has 4 nitrogen and oxygen atoms in total. The summed E-state index contributed by atoms with van der Waals surface area (Å²) in [5, 5.41) is 2.69. The lowest BCUT2D eigenvalue weighted by Gasteiger charge is -2.23. The Morgan fingerprint density at radius 2 is 1.63 bits per heavy atom. The van der Waals surface area contributed by atoms with E-state index in [2.05, 4.69) is 4.72 Å². The molecule has 7 heteroatoms. The highest BCUT2D eigenvalue weighted by atomic mass is 35.5. The molecule has 0 aliphatic carbocycles. The standard InChI is InChI=1S/C20H20Cl2N2O2S/c1-24(2)13-20(16-8-10-18(21)19(22)12-16)23-27(25,26)17-9-7-14-5-3-4-6-15(14)11-17/h3-12,20,23H,13H2,1-2H3. The molecule has 3 rings (SSSR count). The van der Waals surface area contributed by atoms with Crippen LogP contribution in [0.3, 0.4) is 0 Å². The van der Waals surface area contributed by atoms with E-state index in [9.17, 15) is 8.42 Å². The number of nitrogens with zero attached hydrogens (tertiary/aromatic N) is 1. The van der Waals surface area contributed by atoms with Crippen LogP contribution in [0.4, 0.5) is 0 Å². The molecule has 0 aromatic heterocycles. The number of fused-ring (bicyclic) bond motifs is 1. The number of hydrogen-bond acceptors (Lipinski definition) is 3. The van der Waals surface area contributed by atoms with Gasteiger partial charge in [0.25, 0.3) is 0 Å². The molecule has 142 valence electrons. The van der Waals surface area contributed by atoms with Gasteiger partial charge in [-0.3, -0.25) is 0 Å². The normalized spacial score (nSPS) is 13.2. The van der Waals surface area contributed by atoms with Gasteiger partial charge in [-0.1, -0.05) is 59.6 Å². The highest BCUT2D eigenvalue weighted by molar-refractivity contribution is 7.89. The van der Waals surface area contributed by atoms with Crippen LogP contribution in [-0.4, -0.2) is 34.0 Å². The summed E-state index contributed by atoms with van der Waals surface area (Å²) in [6, 6.07) is 17.4. The van der Waals surface area contributed by atoms with Gasteiger partial charge in [-0.25, -0.2) is 13.1 Å². The van der Waals surface area contributed by atoms with Crippen molar-refractivity contribution >= 4 is 44.0 Å². The number of rotatable bonds is 6. The molecular formula is C20H20Cl2N2O2S. The van der Waals surface area contributed by atoms with Crippen LogP contribution in [0.2, 0.25) is 10.0 Å². The Morgan fingerprint density at radius 3 is 2.30 bits per heavy atom. The Labute approximate surface area is 169 Å². The third-order valence-corrected chi connectivity index (χ3v) is 6.43. The van der Waals surface area contributed by atoms with E-state index in [1.54, 1.807) is 30.3 Å². The average Bonchev–Trinajstić information content (AvgIpc) is 2.62. The summed E-state index contributed by atoms with van der Waals surface area (Å²) in [5.41, 5.74) is 0.752. The van der Waals surface area contributed by atoms with Crippen LogP contribution in [0.5, 0.6) is 0 Å². The molecule has 0 bridgehead atoms. The largest absolute Gasteiger partial charge is 0.307 e. The van der Waals surface area contributed by atoms with Gasteiger partial charge in [0.2, 0.25) is 10.0 Å². The molecule has 0 aliphatic rings. The van der Waals surface area contributed by atoms with E-state index < -0.39 is 16.1 Å². The Bertz CT molecular complexity index is 1070. The molecule has 0 saturated carbocycles. The van der Waals surface area contributed by atoms with Crippen molar-refractivity contribution in [3.63, 3.8) is 0 Å². The molecule has 3 aromatic rings. The monoisotopic (exact) mass is 422 g/mol. The number of benzene rings is 3. The van der Waals surface area contributed by atoms with E-state index in [0.717, 1.165) is 16.3 Å². The summed E-state index contributed by atoms with van der Waals surface area (Å²) in [7, 11) is 0.0471. The lowest BCUT2D eigenvalue weighted by atomic mass is 10.1. The number of hydrogen-bond donors (Lipinski definition) is 1. The molecule has 0 amide bonds. The second kappa shape index (κ2) is 8.17. The molecule has 3 aromatic carbocycles. The topological polar surface area (TPSA) is 49.4 Å². The lowest BCUT2D eigenvalue weighted by molar-refractivity contribution is 0.363. The van der Waals surface area contributed by atoms with Crippen LogP contribution in [0.25, 0.3) is 10.8 Å². The van der Waals surface area contributed by atoms with Crippen LogP contribution in [0.1, 0.15) is 11.6 Å². The number of likely N-dealkylation sites (N-methyl/N-ethyl adjacent to an activating group) is 1. The summed E-state index contributed by atoms with van der Waals surface area (Å²) >= 11 is 12.1. The second-order valence-electron chi connectivity index (χ2n) is 6.62. The van der Waals surface area contributed by atoms with Crippen molar-refractivity contribution < 1.29 is 8.42 Å². The van der Waals surface area contributed by atoms with Crippen LogP contribution in [0.15, 0.2) is 65.6 Å². The highest BCUT2D eigenvalue weighted by Crippen LogP contribution is 2.27. The van der Waals surface area contributed by atoms with E-state index in [4.69, 9.17) is 23.2 Å². The smallest absolute Gasteiger partial charge is 0.241 e. The van der Waals surface area contributed by atoms with Crippen LogP contribution < -0.4 is 4.72 Å². The zero-order valence-corrected chi connectivity index (χ0v) is 17.3. The van der Waals surface area contributed by atoms with Gasteiger partial charge in [0, 0.05) is 6.54 Å². The fourth-order valence-electron chi connectivity index (χ4n) is 2.89. The van der Waals surface area contributed by atoms with Crippen molar-refractivity contribution in [1.29, 1.82) is 0 Å². The average molecular weight is 423 g/mol. The summed E-state index contributed by atoms with van der Waals surface area (Å²) in [4.78, 5) is 2.14. The van der Waals surface area contributed by atoms with Gasteiger partial charge >= 0.3 is 0 Å². The minimum absolute atomic E-state index is 0.227. The van der Waals surface area contributed by atoms with E-state index >= 15 is 0 Å². The van der Waals surface area contributed by atoms with E-state index in [1.807, 2.05) is 49.3 Å². The Hall–Kier alpha value is -1.63. The molecule has 0 spiro atoms. The summed E-state index contributed by atoms with van der Waals surface area (Å²) in [6.07, 6.45) is 0. The van der Waals surface area contributed by atoms with Gasteiger partial charge in [-0.2, -0.15) is 0 Å². The molecular weight excluding hydrogens is 403 g/mol. The first kappa shape index (κ1) is 20.1. The maximum absolute atomic E-state index is 13.0. The van der Waals surface area contributed by atoms with Gasteiger partial charge in [-0.15, -0.1) is 0 Å². The molecule has 0 heterocycles. The fraction of sp³-hybridized carbons (Fsp3) is 0.200. The van der Waals surface area contributed by atoms with Gasteiger partial charge in [0.1, 0.15) is 0 Å². The number of nitrogens with one attached hydrogen (secondary N) is 1. The third-order valence-electron chi connectivity index (χ3n) is 4.22. The lowest BCUT2D eigenvalue weighted by Crippen LogP contribution is -2.35. The predicted molar refractivity (Wildman–Crippen MR) is 112 cm³/mol. The van der Waals surface area contributed by atoms with Crippen molar-refractivity contribution in [3.8, 4) is 0 Å². The highest BCUT2D eigenvalue weighted by Gasteiger charge is 2.23. The Kier molecular flexibility index (Phi) is 6.08. The quantitative estimate of drug-likeness (QED) is 0.624. The second-order valence-corrected chi connectivity index (χ2v) is 9.15. The molecule has 1 N–H and O–H groups in total. The summed E-state index contributed by atoms with van der Waals surface area (Å²) < 4.78 is 28.8. The zero-order valence-electron chi connectivity index (χ0n) is 15.0. The zero-order chi connectivity index (χ0) is 19.6. The molecule has 0 fully saturated rings. The molecule has 0 saturated heterocycles. The van der Waals surface area contributed by atoms with Crippen molar-refractivity contribution in [1.82, 2.24) is 9.62 Å². The van der Waals surface area contributed by atoms with Gasteiger partial charge in [0.15, 0.2) is 0 Å². The van der Waals surface area contributed by atoms with E-state index in [0.29, 0.717) is 16.6 Å².